The minimum atomic E-state index is 0.768. The van der Waals surface area contributed by atoms with E-state index in [1.807, 2.05) is 12.1 Å². The van der Waals surface area contributed by atoms with Gasteiger partial charge in [0.25, 0.3) is 0 Å². The van der Waals surface area contributed by atoms with Gasteiger partial charge in [-0.1, -0.05) is 91.0 Å². The number of rotatable bonds is 5. The van der Waals surface area contributed by atoms with Crippen molar-refractivity contribution < 1.29 is 0 Å². The van der Waals surface area contributed by atoms with Crippen LogP contribution in [0.4, 0.5) is 22.7 Å². The Morgan fingerprint density at radius 2 is 0.972 bits per heavy atom. The minimum absolute atomic E-state index is 0.768. The SMILES string of the molecule is Nc1ccc(-c2ccc(N(c3ccccc3)c3ccccc3)c(-c3ccc4ccccc4c3)c2)cc1. The van der Waals surface area contributed by atoms with E-state index in [0.717, 1.165) is 33.9 Å². The molecule has 0 radical (unpaired) electrons. The summed E-state index contributed by atoms with van der Waals surface area (Å²) in [5.74, 6) is 0. The Kier molecular flexibility index (Phi) is 5.69. The standard InChI is InChI=1S/C34H26N2/c35-30-20-17-26(18-21-30)28-19-22-34(33(24-28)29-16-15-25-9-7-8-10-27(25)23-29)36(31-11-3-1-4-12-31)32-13-5-2-6-14-32/h1-24H,35H2. The molecule has 0 fully saturated rings. The van der Waals surface area contributed by atoms with E-state index >= 15 is 0 Å². The molecule has 0 aromatic heterocycles. The summed E-state index contributed by atoms with van der Waals surface area (Å²) < 4.78 is 0. The lowest BCUT2D eigenvalue weighted by Gasteiger charge is -2.28. The van der Waals surface area contributed by atoms with Crippen molar-refractivity contribution in [3.05, 3.63) is 146 Å². The van der Waals surface area contributed by atoms with Gasteiger partial charge in [-0.2, -0.15) is 0 Å². The molecule has 6 aromatic carbocycles. The molecular weight excluding hydrogens is 436 g/mol. The number of nitrogens with two attached hydrogens (primary N) is 1. The van der Waals surface area contributed by atoms with Gasteiger partial charge in [0.15, 0.2) is 0 Å². The molecule has 0 bridgehead atoms. The maximum Gasteiger partial charge on any atom is 0.0540 e. The van der Waals surface area contributed by atoms with Gasteiger partial charge in [0.2, 0.25) is 0 Å². The Balaban J connectivity index is 1.60. The second kappa shape index (κ2) is 9.44. The topological polar surface area (TPSA) is 29.3 Å². The third-order valence-corrected chi connectivity index (χ3v) is 6.57. The maximum atomic E-state index is 5.96. The first-order valence-corrected chi connectivity index (χ1v) is 12.2. The summed E-state index contributed by atoms with van der Waals surface area (Å²) in [6, 6.07) is 51.1. The molecule has 0 unspecified atom stereocenters. The van der Waals surface area contributed by atoms with Crippen LogP contribution in [0.25, 0.3) is 33.0 Å². The molecule has 0 spiro atoms. The van der Waals surface area contributed by atoms with Crippen LogP contribution in [0, 0.1) is 0 Å². The Labute approximate surface area is 211 Å². The summed E-state index contributed by atoms with van der Waals surface area (Å²) in [6.07, 6.45) is 0. The molecule has 0 aliphatic carbocycles. The second-order valence-electron chi connectivity index (χ2n) is 8.92. The van der Waals surface area contributed by atoms with E-state index in [9.17, 15) is 0 Å². The molecule has 2 nitrogen and oxygen atoms in total. The predicted octanol–water partition coefficient (Wildman–Crippen LogP) is 9.23. The van der Waals surface area contributed by atoms with Crippen LogP contribution < -0.4 is 10.6 Å². The molecule has 0 heterocycles. The Bertz CT molecular complexity index is 1580. The fourth-order valence-electron chi connectivity index (χ4n) is 4.76. The van der Waals surface area contributed by atoms with Crippen molar-refractivity contribution in [1.29, 1.82) is 0 Å². The number of hydrogen-bond donors (Lipinski definition) is 1. The molecule has 0 aliphatic rings. The average molecular weight is 463 g/mol. The average Bonchev–Trinajstić information content (AvgIpc) is 2.95. The fraction of sp³-hybridized carbons (Fsp3) is 0. The van der Waals surface area contributed by atoms with E-state index < -0.39 is 0 Å². The van der Waals surface area contributed by atoms with Crippen LogP contribution >= 0.6 is 0 Å². The number of nitrogens with zero attached hydrogens (tertiary/aromatic N) is 1. The lowest BCUT2D eigenvalue weighted by Crippen LogP contribution is -2.11. The third kappa shape index (κ3) is 4.21. The first-order chi connectivity index (χ1) is 17.8. The van der Waals surface area contributed by atoms with E-state index in [2.05, 4.69) is 138 Å². The summed E-state index contributed by atoms with van der Waals surface area (Å²) in [5.41, 5.74) is 14.7. The summed E-state index contributed by atoms with van der Waals surface area (Å²) >= 11 is 0. The predicted molar refractivity (Wildman–Crippen MR) is 154 cm³/mol. The summed E-state index contributed by atoms with van der Waals surface area (Å²) in [7, 11) is 0. The highest BCUT2D eigenvalue weighted by Crippen LogP contribution is 2.43. The first-order valence-electron chi connectivity index (χ1n) is 12.2. The minimum Gasteiger partial charge on any atom is -0.399 e. The summed E-state index contributed by atoms with van der Waals surface area (Å²) in [4.78, 5) is 2.33. The number of fused-ring (bicyclic) bond motifs is 1. The van der Waals surface area contributed by atoms with Gasteiger partial charge in [0.05, 0.1) is 5.69 Å². The van der Waals surface area contributed by atoms with Crippen LogP contribution in [0.2, 0.25) is 0 Å². The van der Waals surface area contributed by atoms with Gasteiger partial charge in [0, 0.05) is 22.6 Å². The van der Waals surface area contributed by atoms with E-state index in [4.69, 9.17) is 5.73 Å². The number of benzene rings is 6. The smallest absolute Gasteiger partial charge is 0.0540 e. The van der Waals surface area contributed by atoms with E-state index in [0.29, 0.717) is 0 Å². The van der Waals surface area contributed by atoms with E-state index in [1.165, 1.54) is 21.9 Å². The highest BCUT2D eigenvalue weighted by atomic mass is 15.1. The largest absolute Gasteiger partial charge is 0.399 e. The molecule has 2 heteroatoms. The molecule has 0 saturated carbocycles. The maximum absolute atomic E-state index is 5.96. The van der Waals surface area contributed by atoms with Gasteiger partial charge in [-0.15, -0.1) is 0 Å². The van der Waals surface area contributed by atoms with Gasteiger partial charge in [-0.3, -0.25) is 0 Å². The molecule has 172 valence electrons. The molecule has 0 saturated heterocycles. The van der Waals surface area contributed by atoms with Gasteiger partial charge < -0.3 is 10.6 Å². The van der Waals surface area contributed by atoms with Crippen molar-refractivity contribution in [2.24, 2.45) is 0 Å². The zero-order chi connectivity index (χ0) is 24.3. The van der Waals surface area contributed by atoms with E-state index in [-0.39, 0.29) is 0 Å². The first kappa shape index (κ1) is 21.7. The molecule has 0 atom stereocenters. The van der Waals surface area contributed by atoms with Crippen LogP contribution in [-0.4, -0.2) is 0 Å². The number of anilines is 4. The van der Waals surface area contributed by atoms with Crippen LogP contribution in [0.1, 0.15) is 0 Å². The van der Waals surface area contributed by atoms with Gasteiger partial charge in [-0.25, -0.2) is 0 Å². The highest BCUT2D eigenvalue weighted by Gasteiger charge is 2.18. The van der Waals surface area contributed by atoms with Crippen LogP contribution in [0.5, 0.6) is 0 Å². The van der Waals surface area contributed by atoms with Crippen molar-refractivity contribution in [2.75, 3.05) is 10.6 Å². The number of hydrogen-bond acceptors (Lipinski definition) is 2. The Morgan fingerprint density at radius 1 is 0.417 bits per heavy atom. The number of nitrogen functional groups attached to an aromatic ring is 1. The van der Waals surface area contributed by atoms with Gasteiger partial charge >= 0.3 is 0 Å². The molecule has 36 heavy (non-hydrogen) atoms. The molecule has 2 N–H and O–H groups in total. The van der Waals surface area contributed by atoms with Crippen LogP contribution in [-0.2, 0) is 0 Å². The lowest BCUT2D eigenvalue weighted by atomic mass is 9.94. The van der Waals surface area contributed by atoms with Crippen molar-refractivity contribution in [1.82, 2.24) is 0 Å². The highest BCUT2D eigenvalue weighted by molar-refractivity contribution is 5.94. The molecular formula is C34H26N2. The number of para-hydroxylation sites is 2. The van der Waals surface area contributed by atoms with Crippen LogP contribution in [0.3, 0.4) is 0 Å². The normalized spacial score (nSPS) is 10.9. The van der Waals surface area contributed by atoms with Crippen molar-refractivity contribution in [2.45, 2.75) is 0 Å². The van der Waals surface area contributed by atoms with Crippen LogP contribution in [0.15, 0.2) is 146 Å². The Hall–Kier alpha value is -4.82. The zero-order valence-corrected chi connectivity index (χ0v) is 19.9. The monoisotopic (exact) mass is 462 g/mol. The van der Waals surface area contributed by atoms with Gasteiger partial charge in [-0.05, 0) is 82.1 Å². The summed E-state index contributed by atoms with van der Waals surface area (Å²) in [5, 5.41) is 2.46. The molecule has 6 rings (SSSR count). The van der Waals surface area contributed by atoms with E-state index in [1.54, 1.807) is 0 Å². The van der Waals surface area contributed by atoms with Gasteiger partial charge in [0.1, 0.15) is 0 Å². The fourth-order valence-corrected chi connectivity index (χ4v) is 4.76. The summed E-state index contributed by atoms with van der Waals surface area (Å²) in [6.45, 7) is 0. The van der Waals surface area contributed by atoms with Crippen molar-refractivity contribution in [3.63, 3.8) is 0 Å². The zero-order valence-electron chi connectivity index (χ0n) is 19.9. The van der Waals surface area contributed by atoms with Crippen molar-refractivity contribution in [3.8, 4) is 22.3 Å². The van der Waals surface area contributed by atoms with Crippen molar-refractivity contribution >= 4 is 33.5 Å². The quantitative estimate of drug-likeness (QED) is 0.259. The lowest BCUT2D eigenvalue weighted by molar-refractivity contribution is 1.28. The molecule has 0 amide bonds. The molecule has 6 aromatic rings. The second-order valence-corrected chi connectivity index (χ2v) is 8.92. The third-order valence-electron chi connectivity index (χ3n) is 6.57. The Morgan fingerprint density at radius 3 is 1.64 bits per heavy atom. The molecule has 0 aliphatic heterocycles.